The number of primary amides is 1. The van der Waals surface area contributed by atoms with Crippen molar-refractivity contribution in [1.82, 2.24) is 24.8 Å². The Morgan fingerprint density at radius 2 is 2.00 bits per heavy atom. The highest BCUT2D eigenvalue weighted by atomic mass is 16.5. The monoisotopic (exact) mass is 418 g/mol. The molecule has 0 saturated heterocycles. The molecule has 2 aromatic carbocycles. The molecule has 10 heteroatoms. The van der Waals surface area contributed by atoms with Crippen LogP contribution in [0, 0.1) is 0 Å². The average Bonchev–Trinajstić information content (AvgIpc) is 3.48. The lowest BCUT2D eigenvalue weighted by atomic mass is 10.2. The lowest BCUT2D eigenvalue weighted by Gasteiger charge is -2.10. The van der Waals surface area contributed by atoms with E-state index in [1.807, 2.05) is 60.0 Å². The molecule has 0 fully saturated rings. The Morgan fingerprint density at radius 1 is 1.19 bits per heavy atom. The van der Waals surface area contributed by atoms with Gasteiger partial charge in [-0.25, -0.2) is 4.79 Å². The maximum atomic E-state index is 11.8. The van der Waals surface area contributed by atoms with Crippen molar-refractivity contribution in [1.29, 1.82) is 0 Å². The Balaban J connectivity index is 1.93. The summed E-state index contributed by atoms with van der Waals surface area (Å²) < 4.78 is 20.5. The number of furan rings is 1. The van der Waals surface area contributed by atoms with Gasteiger partial charge >= 0.3 is 6.03 Å². The minimum Gasteiger partial charge on any atom is -0.497 e. The number of amides is 1. The van der Waals surface area contributed by atoms with Crippen molar-refractivity contribution in [2.45, 2.75) is 6.92 Å². The lowest BCUT2D eigenvalue weighted by Crippen LogP contribution is -2.22. The van der Waals surface area contributed by atoms with Gasteiger partial charge in [0.2, 0.25) is 11.6 Å². The molecule has 156 valence electrons. The van der Waals surface area contributed by atoms with Crippen molar-refractivity contribution in [3.05, 3.63) is 48.5 Å². The van der Waals surface area contributed by atoms with Crippen LogP contribution < -0.4 is 15.2 Å². The third-order valence-corrected chi connectivity index (χ3v) is 4.94. The highest BCUT2D eigenvalue weighted by molar-refractivity contribution is 6.10. The Labute approximate surface area is 175 Å². The van der Waals surface area contributed by atoms with Crippen LogP contribution in [0.15, 0.2) is 52.9 Å². The van der Waals surface area contributed by atoms with Gasteiger partial charge in [0.05, 0.1) is 19.2 Å². The van der Waals surface area contributed by atoms with E-state index in [-0.39, 0.29) is 11.6 Å². The molecule has 0 aliphatic rings. The zero-order chi connectivity index (χ0) is 21.5. The fourth-order valence-electron chi connectivity index (χ4n) is 3.68. The van der Waals surface area contributed by atoms with E-state index in [1.54, 1.807) is 7.11 Å². The summed E-state index contributed by atoms with van der Waals surface area (Å²) in [6.45, 7) is 2.22. The number of aromatic nitrogens is 5. The fourth-order valence-corrected chi connectivity index (χ4v) is 3.68. The first-order valence-electron chi connectivity index (χ1n) is 9.55. The first-order valence-corrected chi connectivity index (χ1v) is 9.55. The minimum atomic E-state index is -0.832. The molecule has 0 atom stereocenters. The number of fused-ring (bicyclic) bond motifs is 3. The summed E-state index contributed by atoms with van der Waals surface area (Å²) in [4.78, 5) is 11.8. The number of nitrogens with zero attached hydrogens (tertiary/aromatic N) is 5. The van der Waals surface area contributed by atoms with Gasteiger partial charge in [-0.15, -0.1) is 9.78 Å². The van der Waals surface area contributed by atoms with Gasteiger partial charge < -0.3 is 24.2 Å². The van der Waals surface area contributed by atoms with E-state index in [0.717, 1.165) is 21.3 Å². The number of hydrogen-bond donors (Lipinski definition) is 1. The van der Waals surface area contributed by atoms with Gasteiger partial charge in [-0.1, -0.05) is 18.2 Å². The van der Waals surface area contributed by atoms with Gasteiger partial charge in [-0.2, -0.15) is 0 Å². The first kappa shape index (κ1) is 18.7. The molecule has 2 N–H and O–H groups in total. The summed E-state index contributed by atoms with van der Waals surface area (Å²) in [6, 6.07) is 14.7. The quantitative estimate of drug-likeness (QED) is 0.434. The largest absolute Gasteiger partial charge is 0.497 e. The molecule has 0 unspecified atom stereocenters. The van der Waals surface area contributed by atoms with Crippen LogP contribution in [0.3, 0.4) is 0 Å². The molecule has 0 spiro atoms. The van der Waals surface area contributed by atoms with Crippen LogP contribution in [-0.2, 0) is 0 Å². The molecule has 5 aromatic rings. The van der Waals surface area contributed by atoms with Crippen LogP contribution in [0.5, 0.6) is 11.5 Å². The number of methoxy groups -OCH3 is 1. The van der Waals surface area contributed by atoms with Crippen LogP contribution in [0.4, 0.5) is 4.79 Å². The number of carbonyl (C=O) groups excluding carboxylic acids is 1. The molecule has 3 heterocycles. The van der Waals surface area contributed by atoms with E-state index < -0.39 is 6.03 Å². The van der Waals surface area contributed by atoms with Crippen molar-refractivity contribution in [3.63, 3.8) is 0 Å². The SMILES string of the molecule is CCOc1c(-c2nnnn2C(N)=O)oc2c3cc(OC)ccc3n(-c3ccccc3)c12. The molecule has 0 radical (unpaired) electrons. The zero-order valence-corrected chi connectivity index (χ0v) is 16.8. The predicted octanol–water partition coefficient (Wildman–Crippen LogP) is 3.36. The Kier molecular flexibility index (Phi) is 4.32. The number of tetrazole rings is 1. The molecule has 3 aromatic heterocycles. The summed E-state index contributed by atoms with van der Waals surface area (Å²) in [5.41, 5.74) is 8.47. The Hall–Kier alpha value is -4.34. The second-order valence-electron chi connectivity index (χ2n) is 6.68. The normalized spacial score (nSPS) is 11.3. The van der Waals surface area contributed by atoms with Crippen molar-refractivity contribution in [2.24, 2.45) is 5.73 Å². The average molecular weight is 418 g/mol. The Bertz CT molecular complexity index is 1420. The molecule has 1 amide bonds. The van der Waals surface area contributed by atoms with Crippen molar-refractivity contribution >= 4 is 28.0 Å². The number of nitrogens with two attached hydrogens (primary N) is 1. The number of benzene rings is 2. The van der Waals surface area contributed by atoms with Gasteiger partial charge in [0.25, 0.3) is 0 Å². The van der Waals surface area contributed by atoms with Gasteiger partial charge in [-0.3, -0.25) is 0 Å². The molecule has 0 saturated carbocycles. The van der Waals surface area contributed by atoms with E-state index in [9.17, 15) is 4.79 Å². The predicted molar refractivity (Wildman–Crippen MR) is 113 cm³/mol. The third-order valence-electron chi connectivity index (χ3n) is 4.94. The number of para-hydroxylation sites is 1. The van der Waals surface area contributed by atoms with E-state index in [0.29, 0.717) is 29.2 Å². The first-order chi connectivity index (χ1) is 15.1. The van der Waals surface area contributed by atoms with Gasteiger partial charge in [0, 0.05) is 11.1 Å². The van der Waals surface area contributed by atoms with E-state index in [2.05, 4.69) is 15.5 Å². The minimum absolute atomic E-state index is 0.0582. The zero-order valence-electron chi connectivity index (χ0n) is 16.8. The Morgan fingerprint density at radius 3 is 2.71 bits per heavy atom. The molecule has 5 rings (SSSR count). The van der Waals surface area contributed by atoms with Gasteiger partial charge in [0.15, 0.2) is 11.3 Å². The molecule has 10 nitrogen and oxygen atoms in total. The standard InChI is InChI=1S/C21H18N6O4/c1-3-30-18-16-17(31-19(18)20-23-24-25-27(20)21(22)28)14-11-13(29-2)9-10-15(14)26(16)12-7-5-4-6-8-12/h4-11H,3H2,1-2H3,(H2,22,28). The second-order valence-corrected chi connectivity index (χ2v) is 6.68. The van der Waals surface area contributed by atoms with E-state index >= 15 is 0 Å². The number of ether oxygens (including phenoxy) is 2. The molecule has 0 aliphatic heterocycles. The van der Waals surface area contributed by atoms with Gasteiger partial charge in [0.1, 0.15) is 11.3 Å². The number of carbonyl (C=O) groups is 1. The van der Waals surface area contributed by atoms with Crippen molar-refractivity contribution in [2.75, 3.05) is 13.7 Å². The van der Waals surface area contributed by atoms with E-state index in [1.165, 1.54) is 0 Å². The topological polar surface area (TPSA) is 123 Å². The summed E-state index contributed by atoms with van der Waals surface area (Å²) in [7, 11) is 1.60. The second kappa shape index (κ2) is 7.17. The molecule has 0 bridgehead atoms. The van der Waals surface area contributed by atoms with Crippen molar-refractivity contribution in [3.8, 4) is 28.8 Å². The van der Waals surface area contributed by atoms with Crippen molar-refractivity contribution < 1.29 is 18.7 Å². The summed E-state index contributed by atoms with van der Waals surface area (Å²) in [5.74, 6) is 1.36. The maximum absolute atomic E-state index is 11.8. The summed E-state index contributed by atoms with van der Waals surface area (Å²) >= 11 is 0. The maximum Gasteiger partial charge on any atom is 0.343 e. The summed E-state index contributed by atoms with van der Waals surface area (Å²) in [6.07, 6.45) is 0. The number of hydrogen-bond acceptors (Lipinski definition) is 7. The molecular formula is C21H18N6O4. The smallest absolute Gasteiger partial charge is 0.343 e. The van der Waals surface area contributed by atoms with Crippen LogP contribution in [0.25, 0.3) is 39.3 Å². The van der Waals surface area contributed by atoms with Gasteiger partial charge in [-0.05, 0) is 47.7 Å². The molecule has 31 heavy (non-hydrogen) atoms. The van der Waals surface area contributed by atoms with Crippen LogP contribution in [-0.4, -0.2) is 44.5 Å². The highest BCUT2D eigenvalue weighted by Crippen LogP contribution is 2.45. The summed E-state index contributed by atoms with van der Waals surface area (Å²) in [5, 5.41) is 12.0. The fraction of sp³-hybridized carbons (Fsp3) is 0.143. The van der Waals surface area contributed by atoms with Crippen LogP contribution in [0.2, 0.25) is 0 Å². The molecule has 0 aliphatic carbocycles. The highest BCUT2D eigenvalue weighted by Gasteiger charge is 2.29. The van der Waals surface area contributed by atoms with E-state index in [4.69, 9.17) is 19.6 Å². The lowest BCUT2D eigenvalue weighted by molar-refractivity contribution is 0.247. The third kappa shape index (κ3) is 2.80. The van der Waals surface area contributed by atoms with Crippen LogP contribution >= 0.6 is 0 Å². The molecular weight excluding hydrogens is 400 g/mol. The van der Waals surface area contributed by atoms with Crippen LogP contribution in [0.1, 0.15) is 6.92 Å². The number of rotatable bonds is 5.